The van der Waals surface area contributed by atoms with Crippen molar-refractivity contribution in [3.05, 3.63) is 0 Å². The fourth-order valence-corrected chi connectivity index (χ4v) is 3.17. The van der Waals surface area contributed by atoms with Gasteiger partial charge >= 0.3 is 0 Å². The molecule has 1 aliphatic rings. The van der Waals surface area contributed by atoms with E-state index in [2.05, 4.69) is 5.32 Å². The molecule has 0 radical (unpaired) electrons. The molecule has 0 saturated heterocycles. The molecule has 0 heterocycles. The van der Waals surface area contributed by atoms with Gasteiger partial charge < -0.3 is 5.32 Å². The van der Waals surface area contributed by atoms with Crippen molar-refractivity contribution in [2.24, 2.45) is 0 Å². The second-order valence-electron chi connectivity index (χ2n) is 4.27. The van der Waals surface area contributed by atoms with Crippen molar-refractivity contribution < 1.29 is 13.0 Å². The van der Waals surface area contributed by atoms with Crippen molar-refractivity contribution in [3.8, 4) is 0 Å². The van der Waals surface area contributed by atoms with Crippen molar-refractivity contribution in [2.75, 3.05) is 0 Å². The molecule has 0 amide bonds. The summed E-state index contributed by atoms with van der Waals surface area (Å²) in [5.41, 5.74) is 0. The Morgan fingerprint density at radius 2 is 1.86 bits per heavy atom. The summed E-state index contributed by atoms with van der Waals surface area (Å²) < 4.78 is 31.2. The lowest BCUT2D eigenvalue weighted by molar-refractivity contribution is 0.334. The zero-order chi connectivity index (χ0) is 10.8. The molecule has 84 valence electrons. The van der Waals surface area contributed by atoms with Gasteiger partial charge in [0.2, 0.25) is 0 Å². The topological polar surface area (TPSA) is 66.4 Å². The molecule has 1 fully saturated rings. The Kier molecular flexibility index (Phi) is 3.92. The summed E-state index contributed by atoms with van der Waals surface area (Å²) in [7, 11) is -3.88. The molecule has 2 N–H and O–H groups in total. The molecule has 0 aromatic rings. The summed E-state index contributed by atoms with van der Waals surface area (Å²) in [5.74, 6) is 0. The SMILES string of the molecule is CC(C)N[C@H]1CCCCC1S(=O)(=O)O. The minimum absolute atomic E-state index is 0.0845. The van der Waals surface area contributed by atoms with E-state index in [1.165, 1.54) is 0 Å². The first kappa shape index (κ1) is 11.9. The van der Waals surface area contributed by atoms with Crippen molar-refractivity contribution >= 4 is 10.1 Å². The Morgan fingerprint density at radius 3 is 2.36 bits per heavy atom. The monoisotopic (exact) mass is 221 g/mol. The third kappa shape index (κ3) is 3.22. The van der Waals surface area contributed by atoms with E-state index >= 15 is 0 Å². The number of hydrogen-bond acceptors (Lipinski definition) is 3. The van der Waals surface area contributed by atoms with Gasteiger partial charge in [-0.15, -0.1) is 0 Å². The van der Waals surface area contributed by atoms with E-state index in [0.29, 0.717) is 6.42 Å². The average molecular weight is 221 g/mol. The summed E-state index contributed by atoms with van der Waals surface area (Å²) in [6, 6.07) is 0.168. The molecule has 1 unspecified atom stereocenters. The van der Waals surface area contributed by atoms with Crippen LogP contribution < -0.4 is 5.32 Å². The minimum atomic E-state index is -3.88. The van der Waals surface area contributed by atoms with Crippen LogP contribution in [0.4, 0.5) is 0 Å². The maximum absolute atomic E-state index is 11.1. The molecule has 14 heavy (non-hydrogen) atoms. The van der Waals surface area contributed by atoms with Gasteiger partial charge in [-0.05, 0) is 12.8 Å². The molecule has 0 bridgehead atoms. The van der Waals surface area contributed by atoms with Crippen LogP contribution in [0.2, 0.25) is 0 Å². The van der Waals surface area contributed by atoms with Crippen LogP contribution in [0, 0.1) is 0 Å². The average Bonchev–Trinajstić information content (AvgIpc) is 2.01. The molecule has 4 nitrogen and oxygen atoms in total. The Morgan fingerprint density at radius 1 is 1.29 bits per heavy atom. The van der Waals surface area contributed by atoms with Crippen LogP contribution in [0.1, 0.15) is 39.5 Å². The fourth-order valence-electron chi connectivity index (χ4n) is 2.07. The van der Waals surface area contributed by atoms with Crippen molar-refractivity contribution in [3.63, 3.8) is 0 Å². The van der Waals surface area contributed by atoms with Gasteiger partial charge in [-0.3, -0.25) is 4.55 Å². The van der Waals surface area contributed by atoms with Gasteiger partial charge in [-0.2, -0.15) is 8.42 Å². The second-order valence-corrected chi connectivity index (χ2v) is 5.90. The van der Waals surface area contributed by atoms with Crippen LogP contribution in [-0.2, 0) is 10.1 Å². The summed E-state index contributed by atoms with van der Waals surface area (Å²) in [6.07, 6.45) is 3.34. The van der Waals surface area contributed by atoms with E-state index in [1.54, 1.807) is 0 Å². The normalized spacial score (nSPS) is 29.4. The predicted octanol–water partition coefficient (Wildman–Crippen LogP) is 1.18. The van der Waals surface area contributed by atoms with E-state index in [9.17, 15) is 8.42 Å². The second kappa shape index (κ2) is 4.59. The number of rotatable bonds is 3. The highest BCUT2D eigenvalue weighted by Gasteiger charge is 2.34. The largest absolute Gasteiger partial charge is 0.310 e. The van der Waals surface area contributed by atoms with Gasteiger partial charge in [0.25, 0.3) is 10.1 Å². The molecule has 0 aromatic heterocycles. The Hall–Kier alpha value is -0.130. The summed E-state index contributed by atoms with van der Waals surface area (Å²) in [4.78, 5) is 0. The van der Waals surface area contributed by atoms with E-state index in [1.807, 2.05) is 13.8 Å². The first-order chi connectivity index (χ1) is 6.41. The van der Waals surface area contributed by atoms with E-state index in [4.69, 9.17) is 4.55 Å². The van der Waals surface area contributed by atoms with Crippen LogP contribution >= 0.6 is 0 Å². The van der Waals surface area contributed by atoms with Crippen LogP contribution in [0.3, 0.4) is 0 Å². The Balaban J connectivity index is 2.69. The third-order valence-corrected chi connectivity index (χ3v) is 3.96. The van der Waals surface area contributed by atoms with Crippen molar-refractivity contribution in [2.45, 2.75) is 56.9 Å². The van der Waals surface area contributed by atoms with Gasteiger partial charge in [0.1, 0.15) is 5.25 Å². The lowest BCUT2D eigenvalue weighted by atomic mass is 9.94. The van der Waals surface area contributed by atoms with Crippen LogP contribution in [-0.4, -0.2) is 30.3 Å². The molecule has 0 aliphatic heterocycles. The van der Waals surface area contributed by atoms with Gasteiger partial charge in [-0.25, -0.2) is 0 Å². The molecule has 1 saturated carbocycles. The molecular formula is C9H19NO3S. The lowest BCUT2D eigenvalue weighted by Gasteiger charge is -2.31. The quantitative estimate of drug-likeness (QED) is 0.702. The standard InChI is InChI=1S/C9H19NO3S/c1-7(2)10-8-5-3-4-6-9(8)14(11,12)13/h7-10H,3-6H2,1-2H3,(H,11,12,13)/t8-,9?/m0/s1. The summed E-state index contributed by atoms with van der Waals surface area (Å²) in [5, 5.41) is 2.59. The zero-order valence-electron chi connectivity index (χ0n) is 8.73. The molecule has 0 spiro atoms. The molecule has 0 aromatic carbocycles. The fraction of sp³-hybridized carbons (Fsp3) is 1.00. The maximum atomic E-state index is 11.1. The van der Waals surface area contributed by atoms with Crippen molar-refractivity contribution in [1.29, 1.82) is 0 Å². The van der Waals surface area contributed by atoms with Crippen LogP contribution in [0.25, 0.3) is 0 Å². The minimum Gasteiger partial charge on any atom is -0.310 e. The van der Waals surface area contributed by atoms with Crippen molar-refractivity contribution in [1.82, 2.24) is 5.32 Å². The molecular weight excluding hydrogens is 202 g/mol. The van der Waals surface area contributed by atoms with Crippen LogP contribution in [0.5, 0.6) is 0 Å². The predicted molar refractivity (Wildman–Crippen MR) is 55.9 cm³/mol. The van der Waals surface area contributed by atoms with Gasteiger partial charge in [0.15, 0.2) is 0 Å². The summed E-state index contributed by atoms with van der Waals surface area (Å²) >= 11 is 0. The summed E-state index contributed by atoms with van der Waals surface area (Å²) in [6.45, 7) is 3.96. The first-order valence-corrected chi connectivity index (χ1v) is 6.64. The Bertz CT molecular complexity index is 274. The van der Waals surface area contributed by atoms with E-state index in [0.717, 1.165) is 19.3 Å². The molecule has 2 atom stereocenters. The van der Waals surface area contributed by atoms with Gasteiger partial charge in [0, 0.05) is 12.1 Å². The Labute approximate surface area is 85.8 Å². The smallest absolute Gasteiger partial charge is 0.269 e. The molecule has 1 rings (SSSR count). The zero-order valence-corrected chi connectivity index (χ0v) is 9.55. The maximum Gasteiger partial charge on any atom is 0.269 e. The number of nitrogens with one attached hydrogen (secondary N) is 1. The highest BCUT2D eigenvalue weighted by atomic mass is 32.2. The van der Waals surface area contributed by atoms with Gasteiger partial charge in [0.05, 0.1) is 0 Å². The third-order valence-electron chi connectivity index (χ3n) is 2.63. The lowest BCUT2D eigenvalue weighted by Crippen LogP contribution is -2.48. The highest BCUT2D eigenvalue weighted by molar-refractivity contribution is 7.86. The van der Waals surface area contributed by atoms with E-state index in [-0.39, 0.29) is 12.1 Å². The first-order valence-electron chi connectivity index (χ1n) is 5.13. The highest BCUT2D eigenvalue weighted by Crippen LogP contribution is 2.24. The van der Waals surface area contributed by atoms with E-state index < -0.39 is 15.4 Å². The number of hydrogen-bond donors (Lipinski definition) is 2. The van der Waals surface area contributed by atoms with Crippen LogP contribution in [0.15, 0.2) is 0 Å². The van der Waals surface area contributed by atoms with Gasteiger partial charge in [-0.1, -0.05) is 26.7 Å². The molecule has 5 heteroatoms. The molecule has 1 aliphatic carbocycles.